The smallest absolute Gasteiger partial charge is 0.0326 e. The van der Waals surface area contributed by atoms with E-state index in [2.05, 4.69) is 24.3 Å². The first kappa shape index (κ1) is 10.0. The van der Waals surface area contributed by atoms with Crippen LogP contribution in [0.3, 0.4) is 0 Å². The van der Waals surface area contributed by atoms with Gasteiger partial charge in [-0.15, -0.1) is 12.4 Å². The number of benzene rings is 1. The largest absolute Gasteiger partial charge is 0.324 e. The van der Waals surface area contributed by atoms with Crippen LogP contribution in [0, 0.1) is 5.92 Å². The predicted octanol–water partition coefficient (Wildman–Crippen LogP) is 3.01. The van der Waals surface area contributed by atoms with Crippen molar-refractivity contribution in [3.63, 3.8) is 0 Å². The summed E-state index contributed by atoms with van der Waals surface area (Å²) in [7, 11) is 0. The van der Waals surface area contributed by atoms with Gasteiger partial charge >= 0.3 is 0 Å². The molecule has 2 bridgehead atoms. The highest BCUT2D eigenvalue weighted by atomic mass is 35.5. The molecule has 2 aliphatic carbocycles. The summed E-state index contributed by atoms with van der Waals surface area (Å²) in [6.07, 6.45) is 4.02. The third-order valence-electron chi connectivity index (χ3n) is 3.78. The minimum absolute atomic E-state index is 0. The molecule has 0 aliphatic heterocycles. The van der Waals surface area contributed by atoms with Crippen molar-refractivity contribution in [3.05, 3.63) is 35.4 Å². The lowest BCUT2D eigenvalue weighted by molar-refractivity contribution is 0.417. The van der Waals surface area contributed by atoms with Crippen LogP contribution in [0.15, 0.2) is 24.3 Å². The molecule has 1 saturated carbocycles. The second-order valence-electron chi connectivity index (χ2n) is 4.42. The van der Waals surface area contributed by atoms with E-state index in [9.17, 15) is 0 Å². The maximum absolute atomic E-state index is 6.23. The normalized spacial score (nSPS) is 33.4. The number of nitrogens with two attached hydrogens (primary N) is 1. The molecular weight excluding hydrogens is 194 g/mol. The Morgan fingerprint density at radius 2 is 1.79 bits per heavy atom. The number of halogens is 1. The third kappa shape index (κ3) is 1.27. The molecule has 0 amide bonds. The second-order valence-corrected chi connectivity index (χ2v) is 4.42. The highest BCUT2D eigenvalue weighted by molar-refractivity contribution is 5.85. The van der Waals surface area contributed by atoms with Gasteiger partial charge in [0, 0.05) is 6.04 Å². The summed E-state index contributed by atoms with van der Waals surface area (Å²) in [5, 5.41) is 0. The first-order valence-electron chi connectivity index (χ1n) is 5.20. The van der Waals surface area contributed by atoms with Gasteiger partial charge in [0.2, 0.25) is 0 Å². The molecule has 0 saturated heterocycles. The van der Waals surface area contributed by atoms with Crippen LogP contribution in [-0.4, -0.2) is 0 Å². The van der Waals surface area contributed by atoms with Gasteiger partial charge in [-0.1, -0.05) is 24.3 Å². The maximum atomic E-state index is 6.23. The molecule has 76 valence electrons. The fourth-order valence-corrected chi connectivity index (χ4v) is 3.07. The van der Waals surface area contributed by atoms with Gasteiger partial charge in [0.25, 0.3) is 0 Å². The molecule has 2 aliphatic rings. The standard InChI is InChI=1S/C12H15N.ClH/c13-12-9-6-5-8(7-9)10-3-1-2-4-11(10)12;/h1-4,8-9,12H,5-7,13H2;1H. The summed E-state index contributed by atoms with van der Waals surface area (Å²) < 4.78 is 0. The van der Waals surface area contributed by atoms with Crippen LogP contribution in [0.5, 0.6) is 0 Å². The van der Waals surface area contributed by atoms with Gasteiger partial charge < -0.3 is 5.73 Å². The van der Waals surface area contributed by atoms with E-state index in [4.69, 9.17) is 5.73 Å². The van der Waals surface area contributed by atoms with Gasteiger partial charge in [0.15, 0.2) is 0 Å². The lowest BCUT2D eigenvalue weighted by atomic mass is 9.80. The quantitative estimate of drug-likeness (QED) is 0.699. The van der Waals surface area contributed by atoms with Gasteiger partial charge in [-0.05, 0) is 42.2 Å². The SMILES string of the molecule is Cl.NC1c2ccccc2C2CCC1C2. The summed E-state index contributed by atoms with van der Waals surface area (Å²) in [4.78, 5) is 0. The second kappa shape index (κ2) is 3.56. The molecule has 1 aromatic carbocycles. The van der Waals surface area contributed by atoms with Crippen molar-refractivity contribution in [1.82, 2.24) is 0 Å². The van der Waals surface area contributed by atoms with Gasteiger partial charge in [-0.3, -0.25) is 0 Å². The van der Waals surface area contributed by atoms with E-state index in [1.54, 1.807) is 0 Å². The summed E-state index contributed by atoms with van der Waals surface area (Å²) in [6, 6.07) is 9.05. The first-order valence-corrected chi connectivity index (χ1v) is 5.20. The number of hydrogen-bond donors (Lipinski definition) is 1. The van der Waals surface area contributed by atoms with Crippen molar-refractivity contribution >= 4 is 12.4 Å². The Labute approximate surface area is 91.1 Å². The first-order chi connectivity index (χ1) is 6.36. The van der Waals surface area contributed by atoms with Crippen LogP contribution < -0.4 is 5.73 Å². The monoisotopic (exact) mass is 209 g/mol. The van der Waals surface area contributed by atoms with E-state index in [0.29, 0.717) is 6.04 Å². The molecule has 0 aromatic heterocycles. The van der Waals surface area contributed by atoms with Crippen molar-refractivity contribution in [1.29, 1.82) is 0 Å². The molecule has 0 radical (unpaired) electrons. The van der Waals surface area contributed by atoms with Crippen LogP contribution in [0.1, 0.15) is 42.3 Å². The predicted molar refractivity (Wildman–Crippen MR) is 60.7 cm³/mol. The maximum Gasteiger partial charge on any atom is 0.0326 e. The Morgan fingerprint density at radius 1 is 1.07 bits per heavy atom. The fraction of sp³-hybridized carbons (Fsp3) is 0.500. The van der Waals surface area contributed by atoms with Crippen LogP contribution in [-0.2, 0) is 0 Å². The zero-order valence-corrected chi connectivity index (χ0v) is 8.96. The average Bonchev–Trinajstić information content (AvgIpc) is 2.61. The highest BCUT2D eigenvalue weighted by Crippen LogP contribution is 2.49. The Hall–Kier alpha value is -0.530. The van der Waals surface area contributed by atoms with E-state index in [1.165, 1.54) is 30.4 Å². The number of fused-ring (bicyclic) bond motifs is 4. The van der Waals surface area contributed by atoms with E-state index >= 15 is 0 Å². The molecule has 3 unspecified atom stereocenters. The Morgan fingerprint density at radius 3 is 2.57 bits per heavy atom. The summed E-state index contributed by atoms with van der Waals surface area (Å²) in [5.74, 6) is 1.58. The molecule has 14 heavy (non-hydrogen) atoms. The van der Waals surface area contributed by atoms with Gasteiger partial charge in [-0.25, -0.2) is 0 Å². The molecule has 0 spiro atoms. The Balaban J connectivity index is 0.000000750. The fourth-order valence-electron chi connectivity index (χ4n) is 3.07. The third-order valence-corrected chi connectivity index (χ3v) is 3.78. The lowest BCUT2D eigenvalue weighted by Crippen LogP contribution is -2.24. The summed E-state index contributed by atoms with van der Waals surface area (Å²) >= 11 is 0. The molecule has 1 fully saturated rings. The summed E-state index contributed by atoms with van der Waals surface area (Å²) in [5.41, 5.74) is 9.18. The molecule has 1 aromatic rings. The van der Waals surface area contributed by atoms with Crippen molar-refractivity contribution in [2.75, 3.05) is 0 Å². The highest BCUT2D eigenvalue weighted by Gasteiger charge is 2.37. The van der Waals surface area contributed by atoms with E-state index in [0.717, 1.165) is 11.8 Å². The Bertz CT molecular complexity index is 322. The van der Waals surface area contributed by atoms with Crippen LogP contribution in [0.4, 0.5) is 0 Å². The number of rotatable bonds is 0. The topological polar surface area (TPSA) is 26.0 Å². The summed E-state index contributed by atoms with van der Waals surface area (Å²) in [6.45, 7) is 0. The van der Waals surface area contributed by atoms with Gasteiger partial charge in [0.1, 0.15) is 0 Å². The van der Waals surface area contributed by atoms with Crippen LogP contribution >= 0.6 is 12.4 Å². The molecular formula is C12H16ClN. The zero-order chi connectivity index (χ0) is 8.84. The van der Waals surface area contributed by atoms with Crippen molar-refractivity contribution < 1.29 is 0 Å². The molecule has 1 nitrogen and oxygen atoms in total. The molecule has 3 atom stereocenters. The number of hydrogen-bond acceptors (Lipinski definition) is 1. The molecule has 2 N–H and O–H groups in total. The van der Waals surface area contributed by atoms with Crippen molar-refractivity contribution in [2.45, 2.75) is 31.2 Å². The average molecular weight is 210 g/mol. The molecule has 2 heteroatoms. The molecule has 3 rings (SSSR count). The van der Waals surface area contributed by atoms with Crippen molar-refractivity contribution in [3.8, 4) is 0 Å². The van der Waals surface area contributed by atoms with Crippen LogP contribution in [0.2, 0.25) is 0 Å². The minimum atomic E-state index is 0. The van der Waals surface area contributed by atoms with Gasteiger partial charge in [-0.2, -0.15) is 0 Å². The minimum Gasteiger partial charge on any atom is -0.324 e. The molecule has 0 heterocycles. The van der Waals surface area contributed by atoms with E-state index < -0.39 is 0 Å². The van der Waals surface area contributed by atoms with E-state index in [-0.39, 0.29) is 12.4 Å². The Kier molecular flexibility index (Phi) is 2.54. The van der Waals surface area contributed by atoms with E-state index in [1.807, 2.05) is 0 Å². The zero-order valence-electron chi connectivity index (χ0n) is 8.15. The van der Waals surface area contributed by atoms with Crippen LogP contribution in [0.25, 0.3) is 0 Å². The van der Waals surface area contributed by atoms with Gasteiger partial charge in [0.05, 0.1) is 0 Å². The lowest BCUT2D eigenvalue weighted by Gasteiger charge is -2.28. The van der Waals surface area contributed by atoms with Crippen molar-refractivity contribution in [2.24, 2.45) is 11.7 Å².